The Hall–Kier alpha value is -2.75. The maximum atomic E-state index is 12.6. The fourth-order valence-corrected chi connectivity index (χ4v) is 5.06. The summed E-state index contributed by atoms with van der Waals surface area (Å²) in [5.74, 6) is -1.37. The van der Waals surface area contributed by atoms with Gasteiger partial charge in [-0.05, 0) is 26.3 Å². The van der Waals surface area contributed by atoms with E-state index in [0.29, 0.717) is 17.2 Å². The lowest BCUT2D eigenvalue weighted by Crippen LogP contribution is -2.40. The van der Waals surface area contributed by atoms with E-state index in [1.54, 1.807) is 38.1 Å². The molecule has 9 nitrogen and oxygen atoms in total. The summed E-state index contributed by atoms with van der Waals surface area (Å²) in [4.78, 5) is 38.8. The smallest absolute Gasteiger partial charge is 0.359 e. The van der Waals surface area contributed by atoms with Gasteiger partial charge in [0.2, 0.25) is 0 Å². The maximum Gasteiger partial charge on any atom is 0.359 e. The highest BCUT2D eigenvalue weighted by atomic mass is 32.2. The van der Waals surface area contributed by atoms with E-state index in [2.05, 4.69) is 5.10 Å². The number of carbonyl (C=O) groups is 2. The zero-order valence-corrected chi connectivity index (χ0v) is 17.3. The summed E-state index contributed by atoms with van der Waals surface area (Å²) in [5.41, 5.74) is -0.363. The minimum atomic E-state index is -3.13. The quantitative estimate of drug-likeness (QED) is 0.655. The number of esters is 1. The van der Waals surface area contributed by atoms with Crippen molar-refractivity contribution in [1.82, 2.24) is 14.7 Å². The third kappa shape index (κ3) is 4.31. The molecule has 1 aliphatic rings. The second kappa shape index (κ2) is 7.94. The molecule has 156 valence electrons. The van der Waals surface area contributed by atoms with Gasteiger partial charge in [0, 0.05) is 18.5 Å². The van der Waals surface area contributed by atoms with Gasteiger partial charge < -0.3 is 9.64 Å². The van der Waals surface area contributed by atoms with Crippen molar-refractivity contribution in [2.75, 3.05) is 25.2 Å². The van der Waals surface area contributed by atoms with Crippen LogP contribution in [0.1, 0.15) is 36.8 Å². The van der Waals surface area contributed by atoms with Crippen LogP contribution in [0.2, 0.25) is 0 Å². The van der Waals surface area contributed by atoms with Gasteiger partial charge in [-0.2, -0.15) is 5.10 Å². The van der Waals surface area contributed by atoms with Gasteiger partial charge in [-0.3, -0.25) is 9.59 Å². The van der Waals surface area contributed by atoms with Gasteiger partial charge in [0.05, 0.1) is 22.9 Å². The topological polar surface area (TPSA) is 116 Å². The molecule has 10 heteroatoms. The predicted octanol–water partition coefficient (Wildman–Crippen LogP) is 0.780. The second-order valence-corrected chi connectivity index (χ2v) is 9.60. The van der Waals surface area contributed by atoms with Crippen LogP contribution in [0.4, 0.5) is 0 Å². The van der Waals surface area contributed by atoms with Crippen LogP contribution in [-0.4, -0.2) is 66.2 Å². The molecular formula is C19H23N3O6S. The van der Waals surface area contributed by atoms with Crippen LogP contribution in [0.25, 0.3) is 10.8 Å². The zero-order chi connectivity index (χ0) is 21.3. The highest BCUT2D eigenvalue weighted by Gasteiger charge is 2.33. The van der Waals surface area contributed by atoms with Crippen LogP contribution in [-0.2, 0) is 19.4 Å². The standard InChI is InChI=1S/C19H23N3O6S/c1-12(2)22-18(24)15-7-5-4-6-14(15)17(20-22)19(25)28-10-16(23)21(3)13-8-9-29(26,27)11-13/h4-7,12-13H,8-11H2,1-3H3/t13-/m0/s1. The van der Waals surface area contributed by atoms with Gasteiger partial charge in [0.1, 0.15) is 0 Å². The predicted molar refractivity (Wildman–Crippen MR) is 106 cm³/mol. The van der Waals surface area contributed by atoms with Crippen LogP contribution in [0.15, 0.2) is 29.1 Å². The van der Waals surface area contributed by atoms with Gasteiger partial charge in [0.25, 0.3) is 11.5 Å². The van der Waals surface area contributed by atoms with E-state index < -0.39 is 34.4 Å². The van der Waals surface area contributed by atoms with E-state index >= 15 is 0 Å². The van der Waals surface area contributed by atoms with E-state index in [1.807, 2.05) is 0 Å². The molecule has 0 unspecified atom stereocenters. The zero-order valence-electron chi connectivity index (χ0n) is 16.5. The minimum absolute atomic E-state index is 0.0434. The Morgan fingerprint density at radius 1 is 1.28 bits per heavy atom. The lowest BCUT2D eigenvalue weighted by atomic mass is 10.1. The summed E-state index contributed by atoms with van der Waals surface area (Å²) in [6, 6.07) is 5.89. The van der Waals surface area contributed by atoms with Gasteiger partial charge >= 0.3 is 5.97 Å². The number of rotatable bonds is 5. The van der Waals surface area contributed by atoms with Crippen molar-refractivity contribution in [2.45, 2.75) is 32.4 Å². The normalized spacial score (nSPS) is 18.1. The number of hydrogen-bond donors (Lipinski definition) is 0. The van der Waals surface area contributed by atoms with Crippen molar-refractivity contribution >= 4 is 32.5 Å². The average molecular weight is 421 g/mol. The highest BCUT2D eigenvalue weighted by molar-refractivity contribution is 7.91. The van der Waals surface area contributed by atoms with Gasteiger partial charge in [-0.1, -0.05) is 18.2 Å². The molecule has 1 aliphatic heterocycles. The van der Waals surface area contributed by atoms with E-state index in [9.17, 15) is 22.8 Å². The SMILES string of the molecule is CC(C)n1nc(C(=O)OCC(=O)N(C)[C@H]2CCS(=O)(=O)C2)c2ccccc2c1=O. The first kappa shape index (κ1) is 21.0. The summed E-state index contributed by atoms with van der Waals surface area (Å²) in [6.45, 7) is 3.00. The lowest BCUT2D eigenvalue weighted by Gasteiger charge is -2.23. The number of ether oxygens (including phenoxy) is 1. The van der Waals surface area contributed by atoms with Gasteiger partial charge in [0.15, 0.2) is 22.1 Å². The van der Waals surface area contributed by atoms with Crippen LogP contribution in [0.5, 0.6) is 0 Å². The van der Waals surface area contributed by atoms with E-state index in [4.69, 9.17) is 4.74 Å². The largest absolute Gasteiger partial charge is 0.451 e. The number of carbonyl (C=O) groups excluding carboxylic acids is 2. The Balaban J connectivity index is 1.79. The molecule has 3 rings (SSSR count). The summed E-state index contributed by atoms with van der Waals surface area (Å²) < 4.78 is 29.5. The number of fused-ring (bicyclic) bond motifs is 1. The fraction of sp³-hybridized carbons (Fsp3) is 0.474. The van der Waals surface area contributed by atoms with E-state index in [-0.39, 0.29) is 28.8 Å². The molecule has 1 aromatic heterocycles. The molecule has 29 heavy (non-hydrogen) atoms. The molecule has 0 bridgehead atoms. The number of nitrogens with zero attached hydrogens (tertiary/aromatic N) is 3. The van der Waals surface area contributed by atoms with Crippen molar-refractivity contribution in [2.24, 2.45) is 0 Å². The summed E-state index contributed by atoms with van der Waals surface area (Å²) in [6.07, 6.45) is 0.365. The summed E-state index contributed by atoms with van der Waals surface area (Å²) in [7, 11) is -1.64. The molecule has 2 heterocycles. The lowest BCUT2D eigenvalue weighted by molar-refractivity contribution is -0.134. The molecule has 0 spiro atoms. The molecule has 0 saturated carbocycles. The minimum Gasteiger partial charge on any atom is -0.451 e. The molecule has 1 saturated heterocycles. The van der Waals surface area contributed by atoms with Crippen LogP contribution in [0, 0.1) is 0 Å². The number of hydrogen-bond acceptors (Lipinski definition) is 7. The summed E-state index contributed by atoms with van der Waals surface area (Å²) >= 11 is 0. The molecule has 1 aromatic carbocycles. The number of aromatic nitrogens is 2. The molecule has 0 N–H and O–H groups in total. The molecule has 1 atom stereocenters. The molecule has 0 aliphatic carbocycles. The number of likely N-dealkylation sites (N-methyl/N-ethyl adjacent to an activating group) is 1. The first-order valence-corrected chi connectivity index (χ1v) is 11.1. The molecular weight excluding hydrogens is 398 g/mol. The maximum absolute atomic E-state index is 12.6. The first-order chi connectivity index (χ1) is 13.6. The van der Waals surface area contributed by atoms with Crippen molar-refractivity contribution in [3.05, 3.63) is 40.3 Å². The Morgan fingerprint density at radius 3 is 2.52 bits per heavy atom. The number of sulfone groups is 1. The van der Waals surface area contributed by atoms with Crippen molar-refractivity contribution in [3.8, 4) is 0 Å². The van der Waals surface area contributed by atoms with Crippen molar-refractivity contribution in [3.63, 3.8) is 0 Å². The molecule has 0 radical (unpaired) electrons. The molecule has 1 fully saturated rings. The molecule has 2 aromatic rings. The fourth-order valence-electron chi connectivity index (χ4n) is 3.29. The first-order valence-electron chi connectivity index (χ1n) is 9.25. The second-order valence-electron chi connectivity index (χ2n) is 7.38. The van der Waals surface area contributed by atoms with E-state index in [1.165, 1.54) is 16.6 Å². The number of benzene rings is 1. The average Bonchev–Trinajstić information content (AvgIpc) is 3.05. The Morgan fingerprint density at radius 2 is 1.93 bits per heavy atom. The van der Waals surface area contributed by atoms with Crippen molar-refractivity contribution < 1.29 is 22.7 Å². The Kier molecular flexibility index (Phi) is 5.74. The van der Waals surface area contributed by atoms with Crippen LogP contribution < -0.4 is 5.56 Å². The monoisotopic (exact) mass is 421 g/mol. The Bertz CT molecular complexity index is 1120. The van der Waals surface area contributed by atoms with Crippen LogP contribution in [0.3, 0.4) is 0 Å². The van der Waals surface area contributed by atoms with Crippen LogP contribution >= 0.6 is 0 Å². The van der Waals surface area contributed by atoms with Crippen molar-refractivity contribution in [1.29, 1.82) is 0 Å². The highest BCUT2D eigenvalue weighted by Crippen LogP contribution is 2.18. The third-order valence-electron chi connectivity index (χ3n) is 4.99. The van der Waals surface area contributed by atoms with Gasteiger partial charge in [-0.15, -0.1) is 0 Å². The van der Waals surface area contributed by atoms with E-state index in [0.717, 1.165) is 0 Å². The number of amides is 1. The molecule has 1 amide bonds. The van der Waals surface area contributed by atoms with Gasteiger partial charge in [-0.25, -0.2) is 17.9 Å². The third-order valence-corrected chi connectivity index (χ3v) is 6.74. The summed E-state index contributed by atoms with van der Waals surface area (Å²) in [5, 5.41) is 4.83. The Labute approximate surface area is 168 Å².